The molecule has 0 bridgehead atoms. The van der Waals surface area contributed by atoms with Crippen molar-refractivity contribution in [2.45, 2.75) is 6.42 Å². The molecule has 0 radical (unpaired) electrons. The summed E-state index contributed by atoms with van der Waals surface area (Å²) in [6.45, 7) is -0.151. The summed E-state index contributed by atoms with van der Waals surface area (Å²) < 4.78 is 0. The van der Waals surface area contributed by atoms with Crippen molar-refractivity contribution in [2.75, 3.05) is 6.61 Å². The molecule has 1 aromatic rings. The Hall–Kier alpha value is -1.67. The number of Topliss-reactive ketones (excluding diaryl/α,β-unsaturated/α-hetero) is 1. The summed E-state index contributed by atoms with van der Waals surface area (Å²) in [4.78, 5) is 12.3. The van der Waals surface area contributed by atoms with Crippen molar-refractivity contribution in [2.24, 2.45) is 5.41 Å². The van der Waals surface area contributed by atoms with Crippen LogP contribution in [0.1, 0.15) is 16.8 Å². The van der Waals surface area contributed by atoms with Gasteiger partial charge in [-0.1, -0.05) is 54.6 Å². The fourth-order valence-corrected chi connectivity index (χ4v) is 1.90. The largest absolute Gasteiger partial charge is 0.395 e. The molecule has 0 amide bonds. The summed E-state index contributed by atoms with van der Waals surface area (Å²) in [6.07, 6.45) is 7.99. The van der Waals surface area contributed by atoms with Crippen molar-refractivity contribution < 1.29 is 9.90 Å². The molecule has 0 aliphatic heterocycles. The zero-order chi connectivity index (χ0) is 11.4. The van der Waals surface area contributed by atoms with E-state index in [2.05, 4.69) is 0 Å². The van der Waals surface area contributed by atoms with Crippen LogP contribution in [-0.4, -0.2) is 17.5 Å². The molecule has 0 aromatic heterocycles. The minimum absolute atomic E-state index is 0.0174. The van der Waals surface area contributed by atoms with Gasteiger partial charge in [-0.15, -0.1) is 0 Å². The van der Waals surface area contributed by atoms with E-state index in [-0.39, 0.29) is 12.4 Å². The second kappa shape index (κ2) is 4.45. The minimum atomic E-state index is -0.768. The molecule has 0 heterocycles. The zero-order valence-corrected chi connectivity index (χ0v) is 8.97. The van der Waals surface area contributed by atoms with Crippen LogP contribution < -0.4 is 0 Å². The van der Waals surface area contributed by atoms with E-state index in [1.54, 1.807) is 18.2 Å². The molecule has 1 aliphatic rings. The molecule has 1 aliphatic carbocycles. The number of carbonyl (C=O) groups is 1. The van der Waals surface area contributed by atoms with Gasteiger partial charge in [-0.05, 0) is 6.42 Å². The number of ketones is 1. The molecule has 1 atom stereocenters. The molecule has 82 valence electrons. The fourth-order valence-electron chi connectivity index (χ4n) is 1.90. The molecule has 1 aromatic carbocycles. The zero-order valence-electron chi connectivity index (χ0n) is 8.97. The van der Waals surface area contributed by atoms with E-state index in [0.29, 0.717) is 12.0 Å². The second-order valence-corrected chi connectivity index (χ2v) is 4.00. The summed E-state index contributed by atoms with van der Waals surface area (Å²) in [5, 5.41) is 9.47. The lowest BCUT2D eigenvalue weighted by molar-refractivity contribution is 0.0750. The van der Waals surface area contributed by atoms with E-state index in [1.807, 2.05) is 36.4 Å². The van der Waals surface area contributed by atoms with Crippen LogP contribution in [-0.2, 0) is 0 Å². The summed E-state index contributed by atoms with van der Waals surface area (Å²) in [5.41, 5.74) is -0.118. The highest BCUT2D eigenvalue weighted by Gasteiger charge is 2.35. The Morgan fingerprint density at radius 1 is 1.25 bits per heavy atom. The van der Waals surface area contributed by atoms with Crippen LogP contribution >= 0.6 is 0 Å². The average Bonchev–Trinajstić information content (AvgIpc) is 2.39. The first-order valence-corrected chi connectivity index (χ1v) is 5.34. The van der Waals surface area contributed by atoms with E-state index in [4.69, 9.17) is 0 Å². The smallest absolute Gasteiger partial charge is 0.175 e. The van der Waals surface area contributed by atoms with Crippen LogP contribution in [0.15, 0.2) is 54.6 Å². The lowest BCUT2D eigenvalue weighted by Crippen LogP contribution is -2.33. The third-order valence-corrected chi connectivity index (χ3v) is 2.91. The Balaban J connectivity index is 2.33. The second-order valence-electron chi connectivity index (χ2n) is 4.00. The molecular formula is C14H14O2. The average molecular weight is 214 g/mol. The fraction of sp³-hybridized carbons (Fsp3) is 0.214. The first-order chi connectivity index (χ1) is 7.78. The van der Waals surface area contributed by atoms with Crippen LogP contribution in [0, 0.1) is 5.41 Å². The van der Waals surface area contributed by atoms with E-state index >= 15 is 0 Å². The number of benzene rings is 1. The van der Waals surface area contributed by atoms with Gasteiger partial charge in [-0.25, -0.2) is 0 Å². The predicted molar refractivity (Wildman–Crippen MR) is 63.2 cm³/mol. The van der Waals surface area contributed by atoms with Crippen LogP contribution in [0.25, 0.3) is 0 Å². The molecule has 1 N–H and O–H groups in total. The van der Waals surface area contributed by atoms with Gasteiger partial charge >= 0.3 is 0 Å². The van der Waals surface area contributed by atoms with E-state index in [1.165, 1.54) is 0 Å². The van der Waals surface area contributed by atoms with Gasteiger partial charge in [0.1, 0.15) is 0 Å². The molecule has 0 spiro atoms. The Morgan fingerprint density at radius 3 is 2.56 bits per heavy atom. The Labute approximate surface area is 94.9 Å². The molecule has 2 rings (SSSR count). The molecule has 2 heteroatoms. The van der Waals surface area contributed by atoms with Crippen molar-refractivity contribution >= 4 is 5.78 Å². The number of aliphatic hydroxyl groups excluding tert-OH is 1. The molecular weight excluding hydrogens is 200 g/mol. The number of aliphatic hydroxyl groups is 1. The van der Waals surface area contributed by atoms with Crippen LogP contribution in [0.5, 0.6) is 0 Å². The summed E-state index contributed by atoms with van der Waals surface area (Å²) in [5.74, 6) is -0.0174. The molecule has 0 saturated heterocycles. The van der Waals surface area contributed by atoms with Gasteiger partial charge in [0.15, 0.2) is 5.78 Å². The Kier molecular flexibility index (Phi) is 3.02. The quantitative estimate of drug-likeness (QED) is 0.784. The lowest BCUT2D eigenvalue weighted by atomic mass is 9.76. The predicted octanol–water partition coefficient (Wildman–Crippen LogP) is 2.36. The molecule has 1 unspecified atom stereocenters. The monoisotopic (exact) mass is 214 g/mol. The van der Waals surface area contributed by atoms with Gasteiger partial charge in [0, 0.05) is 5.56 Å². The molecule has 16 heavy (non-hydrogen) atoms. The van der Waals surface area contributed by atoms with Crippen LogP contribution in [0.4, 0.5) is 0 Å². The molecule has 0 saturated carbocycles. The van der Waals surface area contributed by atoms with Gasteiger partial charge in [0.25, 0.3) is 0 Å². The number of hydrogen-bond acceptors (Lipinski definition) is 2. The highest BCUT2D eigenvalue weighted by Crippen LogP contribution is 2.31. The van der Waals surface area contributed by atoms with Gasteiger partial charge in [0.2, 0.25) is 0 Å². The highest BCUT2D eigenvalue weighted by atomic mass is 16.3. The first-order valence-electron chi connectivity index (χ1n) is 5.34. The van der Waals surface area contributed by atoms with Gasteiger partial charge in [-0.3, -0.25) is 4.79 Å². The first kappa shape index (κ1) is 10.8. The maximum atomic E-state index is 12.3. The standard InChI is InChI=1S/C14H14O2/c15-11-14(9-5-2-6-10-14)13(16)12-7-3-1-4-8-12/h1-9,15H,10-11H2. The topological polar surface area (TPSA) is 37.3 Å². The van der Waals surface area contributed by atoms with Gasteiger partial charge in [0.05, 0.1) is 12.0 Å². The maximum Gasteiger partial charge on any atom is 0.175 e. The van der Waals surface area contributed by atoms with Gasteiger partial charge in [-0.2, -0.15) is 0 Å². The van der Waals surface area contributed by atoms with E-state index in [9.17, 15) is 9.90 Å². The van der Waals surface area contributed by atoms with Crippen LogP contribution in [0.2, 0.25) is 0 Å². The Bertz CT molecular complexity index is 431. The SMILES string of the molecule is O=C(c1ccccc1)C1(CO)C=CC=CC1. The van der Waals surface area contributed by atoms with Crippen molar-refractivity contribution in [3.63, 3.8) is 0 Å². The summed E-state index contributed by atoms with van der Waals surface area (Å²) in [7, 11) is 0. The number of allylic oxidation sites excluding steroid dienone is 3. The molecule has 0 fully saturated rings. The summed E-state index contributed by atoms with van der Waals surface area (Å²) in [6, 6.07) is 9.11. The molecule has 2 nitrogen and oxygen atoms in total. The van der Waals surface area contributed by atoms with Crippen molar-refractivity contribution in [1.29, 1.82) is 0 Å². The van der Waals surface area contributed by atoms with E-state index < -0.39 is 5.41 Å². The van der Waals surface area contributed by atoms with Crippen molar-refractivity contribution in [3.8, 4) is 0 Å². The third-order valence-electron chi connectivity index (χ3n) is 2.91. The maximum absolute atomic E-state index is 12.3. The summed E-state index contributed by atoms with van der Waals surface area (Å²) >= 11 is 0. The van der Waals surface area contributed by atoms with Crippen molar-refractivity contribution in [3.05, 3.63) is 60.2 Å². The Morgan fingerprint density at radius 2 is 2.00 bits per heavy atom. The number of rotatable bonds is 3. The highest BCUT2D eigenvalue weighted by molar-refractivity contribution is 6.02. The van der Waals surface area contributed by atoms with Crippen molar-refractivity contribution in [1.82, 2.24) is 0 Å². The minimum Gasteiger partial charge on any atom is -0.395 e. The third kappa shape index (κ3) is 1.84. The number of carbonyl (C=O) groups excluding carboxylic acids is 1. The van der Waals surface area contributed by atoms with Crippen LogP contribution in [0.3, 0.4) is 0 Å². The number of hydrogen-bond donors (Lipinski definition) is 1. The lowest BCUT2D eigenvalue weighted by Gasteiger charge is -2.27. The van der Waals surface area contributed by atoms with Gasteiger partial charge < -0.3 is 5.11 Å². The normalized spacial score (nSPS) is 23.3. The van der Waals surface area contributed by atoms with E-state index in [0.717, 1.165) is 0 Å².